The number of nitrogens with zero attached hydrogens (tertiary/aromatic N) is 1. The van der Waals surface area contributed by atoms with Crippen LogP contribution < -0.4 is 14.8 Å². The Labute approximate surface area is 237 Å². The molecule has 2 N–H and O–H groups in total. The van der Waals surface area contributed by atoms with E-state index in [1.807, 2.05) is 18.2 Å². The van der Waals surface area contributed by atoms with Crippen LogP contribution in [-0.4, -0.2) is 59.5 Å². The normalized spacial score (nSPS) is 26.8. The molecule has 220 valence electrons. The van der Waals surface area contributed by atoms with Crippen LogP contribution in [0.5, 0.6) is 11.5 Å². The van der Waals surface area contributed by atoms with Crippen LogP contribution in [0.4, 0.5) is 13.2 Å². The monoisotopic (exact) mass is 572 g/mol. The van der Waals surface area contributed by atoms with Gasteiger partial charge in [-0.3, -0.25) is 9.59 Å². The van der Waals surface area contributed by atoms with Crippen LogP contribution in [0, 0.1) is 5.92 Å². The number of esters is 1. The highest BCUT2D eigenvalue weighted by Crippen LogP contribution is 2.52. The summed E-state index contributed by atoms with van der Waals surface area (Å²) < 4.78 is 47.0. The molecular weight excluding hydrogens is 537 g/mol. The first-order chi connectivity index (χ1) is 19.4. The second-order valence-corrected chi connectivity index (χ2v) is 11.6. The van der Waals surface area contributed by atoms with Crippen molar-refractivity contribution in [2.45, 2.75) is 68.9 Å². The average Bonchev–Trinajstić information content (AvgIpc) is 3.71. The summed E-state index contributed by atoms with van der Waals surface area (Å²) in [4.78, 5) is 26.9. The first kappa shape index (κ1) is 29.1. The Morgan fingerprint density at radius 2 is 1.85 bits per heavy atom. The summed E-state index contributed by atoms with van der Waals surface area (Å²) in [5.41, 5.74) is -0.417. The largest absolute Gasteiger partial charge is 0.573 e. The summed E-state index contributed by atoms with van der Waals surface area (Å²) in [5.74, 6) is -0.0557. The lowest BCUT2D eigenvalue weighted by molar-refractivity contribution is -0.274. The third-order valence-corrected chi connectivity index (χ3v) is 8.46. The number of fused-ring (bicyclic) bond motifs is 1. The summed E-state index contributed by atoms with van der Waals surface area (Å²) >= 11 is 0. The molecular formula is C31H35F3N2O5. The molecule has 2 aromatic carbocycles. The number of benzene rings is 2. The first-order valence-electron chi connectivity index (χ1n) is 14.0. The molecule has 7 nitrogen and oxygen atoms in total. The predicted octanol–water partition coefficient (Wildman–Crippen LogP) is 4.98. The van der Waals surface area contributed by atoms with Gasteiger partial charge in [0.05, 0.1) is 5.60 Å². The summed E-state index contributed by atoms with van der Waals surface area (Å²) in [6.45, 7) is 3.68. The lowest BCUT2D eigenvalue weighted by atomic mass is 9.55. The number of halogens is 3. The van der Waals surface area contributed by atoms with E-state index in [0.717, 1.165) is 18.7 Å². The first-order valence-corrected chi connectivity index (χ1v) is 14.0. The van der Waals surface area contributed by atoms with Crippen LogP contribution in [0.2, 0.25) is 0 Å². The van der Waals surface area contributed by atoms with Gasteiger partial charge in [-0.1, -0.05) is 24.3 Å². The molecule has 5 rings (SSSR count). The van der Waals surface area contributed by atoms with E-state index in [4.69, 9.17) is 4.74 Å². The number of rotatable bonds is 8. The van der Waals surface area contributed by atoms with Crippen molar-refractivity contribution in [1.82, 2.24) is 10.2 Å². The number of ether oxygens (including phenoxy) is 2. The smallest absolute Gasteiger partial charge is 0.427 e. The zero-order valence-electron chi connectivity index (χ0n) is 23.0. The van der Waals surface area contributed by atoms with Crippen LogP contribution in [-0.2, 0) is 15.0 Å². The van der Waals surface area contributed by atoms with E-state index < -0.39 is 23.3 Å². The fraction of sp³-hybridized carbons (Fsp3) is 0.484. The van der Waals surface area contributed by atoms with Crippen LogP contribution in [0.15, 0.2) is 54.6 Å². The molecule has 0 aromatic heterocycles. The van der Waals surface area contributed by atoms with Crippen LogP contribution in [0.25, 0.3) is 6.08 Å². The van der Waals surface area contributed by atoms with Crippen molar-refractivity contribution in [3.05, 3.63) is 65.7 Å². The highest BCUT2D eigenvalue weighted by molar-refractivity contribution is 5.92. The van der Waals surface area contributed by atoms with Crippen LogP contribution in [0.3, 0.4) is 0 Å². The predicted molar refractivity (Wildman–Crippen MR) is 146 cm³/mol. The van der Waals surface area contributed by atoms with Gasteiger partial charge in [-0.25, -0.2) is 0 Å². The van der Waals surface area contributed by atoms with E-state index in [0.29, 0.717) is 49.5 Å². The van der Waals surface area contributed by atoms with E-state index in [2.05, 4.69) is 15.0 Å². The Hall–Kier alpha value is -3.37. The van der Waals surface area contributed by atoms with Crippen molar-refractivity contribution in [2.24, 2.45) is 5.92 Å². The van der Waals surface area contributed by atoms with Crippen LogP contribution >= 0.6 is 0 Å². The summed E-state index contributed by atoms with van der Waals surface area (Å²) in [7, 11) is 0. The van der Waals surface area contributed by atoms with E-state index in [1.165, 1.54) is 50.1 Å². The lowest BCUT2D eigenvalue weighted by Crippen LogP contribution is -2.67. The molecule has 2 aliphatic carbocycles. The molecule has 1 heterocycles. The van der Waals surface area contributed by atoms with Gasteiger partial charge in [0.15, 0.2) is 0 Å². The molecule has 0 bridgehead atoms. The van der Waals surface area contributed by atoms with Crippen molar-refractivity contribution in [1.29, 1.82) is 0 Å². The van der Waals surface area contributed by atoms with Crippen molar-refractivity contribution in [3.63, 3.8) is 0 Å². The van der Waals surface area contributed by atoms with Gasteiger partial charge < -0.3 is 24.8 Å². The highest BCUT2D eigenvalue weighted by atomic mass is 19.4. The van der Waals surface area contributed by atoms with Gasteiger partial charge in [0.25, 0.3) is 0 Å². The maximum absolute atomic E-state index is 12.9. The van der Waals surface area contributed by atoms with Gasteiger partial charge >= 0.3 is 12.3 Å². The minimum atomic E-state index is -4.80. The number of carbonyl (C=O) groups is 2. The van der Waals surface area contributed by atoms with Gasteiger partial charge in [0, 0.05) is 37.5 Å². The number of likely N-dealkylation sites (tertiary alicyclic amines) is 1. The fourth-order valence-electron chi connectivity index (χ4n) is 6.46. The molecule has 3 fully saturated rings. The average molecular weight is 573 g/mol. The maximum Gasteiger partial charge on any atom is 0.573 e. The second kappa shape index (κ2) is 11.5. The van der Waals surface area contributed by atoms with E-state index in [9.17, 15) is 27.9 Å². The third kappa shape index (κ3) is 7.11. The lowest BCUT2D eigenvalue weighted by Gasteiger charge is -2.58. The number of amides is 1. The van der Waals surface area contributed by atoms with Crippen molar-refractivity contribution < 1.29 is 37.3 Å². The number of β-amino-alcohol motifs (C(OH)–C–C–N with tert-alkyl or cyclic N) is 1. The van der Waals surface area contributed by atoms with Crippen molar-refractivity contribution >= 4 is 18.0 Å². The number of hydrogen-bond acceptors (Lipinski definition) is 6. The highest BCUT2D eigenvalue weighted by Gasteiger charge is 2.58. The van der Waals surface area contributed by atoms with Gasteiger partial charge in [-0.05, 0) is 92.5 Å². The zero-order chi connectivity index (χ0) is 29.3. The number of hydrogen-bond donors (Lipinski definition) is 2. The van der Waals surface area contributed by atoms with Gasteiger partial charge in [-0.2, -0.15) is 0 Å². The molecule has 0 radical (unpaired) electrons. The Kier molecular flexibility index (Phi) is 8.16. The van der Waals surface area contributed by atoms with E-state index in [-0.39, 0.29) is 17.7 Å². The fourth-order valence-corrected chi connectivity index (χ4v) is 6.46. The summed E-state index contributed by atoms with van der Waals surface area (Å²) in [6, 6.07) is 12.5. The van der Waals surface area contributed by atoms with Gasteiger partial charge in [-0.15, -0.1) is 13.2 Å². The number of aliphatic hydroxyl groups is 1. The molecule has 1 aliphatic heterocycles. The summed E-state index contributed by atoms with van der Waals surface area (Å²) in [5, 5.41) is 15.3. The Balaban J connectivity index is 1.33. The molecule has 3 aliphatic rings. The standard InChI is InChI=1S/C31H35F3N2O5/c1-21(37)40-26-6-3-5-24(17-26)29-14-15-36(19-23-8-9-23)20-30(29,39)13-12-25(18-29)35-28(38)11-10-22-4-2-7-27(16-22)41-31(32,33)34/h2-7,10-11,16-17,23,25,39H,8-9,12-15,18-20H2,1H3,(H,35,38)/b11-10+. The Morgan fingerprint density at radius 1 is 1.10 bits per heavy atom. The number of carbonyl (C=O) groups excluding carboxylic acids is 2. The summed E-state index contributed by atoms with van der Waals surface area (Å²) in [6.07, 6.45) is 2.63. The van der Waals surface area contributed by atoms with Crippen molar-refractivity contribution in [3.8, 4) is 11.5 Å². The van der Waals surface area contributed by atoms with E-state index >= 15 is 0 Å². The SMILES string of the molecule is CC(=O)Oc1cccc(C23CCN(CC4CC4)CC2(O)CCC(NC(=O)/C=C/c2cccc(OC(F)(F)F)c2)C3)c1. The molecule has 0 spiro atoms. The molecule has 1 amide bonds. The molecule has 3 atom stereocenters. The zero-order valence-corrected chi connectivity index (χ0v) is 23.0. The Bertz CT molecular complexity index is 1310. The van der Waals surface area contributed by atoms with Crippen LogP contribution in [0.1, 0.15) is 56.6 Å². The topological polar surface area (TPSA) is 88.1 Å². The second-order valence-electron chi connectivity index (χ2n) is 11.6. The van der Waals surface area contributed by atoms with Crippen molar-refractivity contribution in [2.75, 3.05) is 19.6 Å². The number of alkyl halides is 3. The maximum atomic E-state index is 12.9. The molecule has 2 aromatic rings. The van der Waals surface area contributed by atoms with Gasteiger partial charge in [0.2, 0.25) is 5.91 Å². The molecule has 3 unspecified atom stereocenters. The molecule has 41 heavy (non-hydrogen) atoms. The number of nitrogens with one attached hydrogen (secondary N) is 1. The molecule has 1 saturated heterocycles. The minimum absolute atomic E-state index is 0.236. The van der Waals surface area contributed by atoms with E-state index in [1.54, 1.807) is 12.1 Å². The minimum Gasteiger partial charge on any atom is -0.427 e. The number of piperidine rings is 1. The molecule has 10 heteroatoms. The molecule has 2 saturated carbocycles. The quantitative estimate of drug-likeness (QED) is 0.264. The Morgan fingerprint density at radius 3 is 2.59 bits per heavy atom. The third-order valence-electron chi connectivity index (χ3n) is 8.46. The van der Waals surface area contributed by atoms with Gasteiger partial charge in [0.1, 0.15) is 11.5 Å².